The fraction of sp³-hybridized carbons (Fsp3) is 0.333. The van der Waals surface area contributed by atoms with Gasteiger partial charge in [-0.1, -0.05) is 49.2 Å². The van der Waals surface area contributed by atoms with E-state index in [-0.39, 0.29) is 12.6 Å². The Balaban J connectivity index is 2.10. The van der Waals surface area contributed by atoms with Crippen LogP contribution in [0.2, 0.25) is 5.02 Å². The molecular formula is C18H22ClNO. The molecule has 0 aliphatic rings. The maximum absolute atomic E-state index is 8.95. The van der Waals surface area contributed by atoms with E-state index in [1.165, 1.54) is 5.56 Å². The van der Waals surface area contributed by atoms with Crippen LogP contribution in [-0.2, 0) is 6.42 Å². The van der Waals surface area contributed by atoms with Gasteiger partial charge in [-0.3, -0.25) is 0 Å². The number of benzene rings is 2. The highest BCUT2D eigenvalue weighted by Crippen LogP contribution is 2.25. The summed E-state index contributed by atoms with van der Waals surface area (Å²) in [5, 5.41) is 13.3. The summed E-state index contributed by atoms with van der Waals surface area (Å²) < 4.78 is 0. The number of nitrogens with one attached hydrogen (secondary N) is 1. The van der Waals surface area contributed by atoms with Crippen LogP contribution in [0.3, 0.4) is 0 Å². The Hall–Kier alpha value is -1.51. The fourth-order valence-corrected chi connectivity index (χ4v) is 2.53. The first-order valence-corrected chi connectivity index (χ1v) is 7.82. The maximum Gasteiger partial charge on any atom is 0.0513 e. The van der Waals surface area contributed by atoms with Crippen LogP contribution in [0.5, 0.6) is 0 Å². The number of anilines is 1. The average Bonchev–Trinajstić information content (AvgIpc) is 2.50. The third kappa shape index (κ3) is 4.76. The number of rotatable bonds is 7. The number of hydrogen-bond acceptors (Lipinski definition) is 2. The van der Waals surface area contributed by atoms with Gasteiger partial charge in [0.2, 0.25) is 0 Å². The van der Waals surface area contributed by atoms with Crippen LogP contribution in [0.15, 0.2) is 48.5 Å². The summed E-state index contributed by atoms with van der Waals surface area (Å²) in [6.45, 7) is 2.38. The SMILES string of the molecule is CCCC(Nc1ccc(CCO)cc1)c1ccc(Cl)cc1. The molecule has 0 aliphatic carbocycles. The molecule has 112 valence electrons. The molecule has 0 radical (unpaired) electrons. The van der Waals surface area contributed by atoms with E-state index in [0.29, 0.717) is 6.42 Å². The lowest BCUT2D eigenvalue weighted by Gasteiger charge is -2.20. The highest BCUT2D eigenvalue weighted by molar-refractivity contribution is 6.30. The number of halogens is 1. The second-order valence-corrected chi connectivity index (χ2v) is 5.64. The van der Waals surface area contributed by atoms with E-state index in [4.69, 9.17) is 16.7 Å². The van der Waals surface area contributed by atoms with Crippen molar-refractivity contribution < 1.29 is 5.11 Å². The van der Waals surface area contributed by atoms with E-state index in [0.717, 1.165) is 29.1 Å². The summed E-state index contributed by atoms with van der Waals surface area (Å²) in [5.74, 6) is 0. The van der Waals surface area contributed by atoms with Gasteiger partial charge in [0, 0.05) is 17.3 Å². The van der Waals surface area contributed by atoms with Crippen molar-refractivity contribution in [2.24, 2.45) is 0 Å². The van der Waals surface area contributed by atoms with Crippen molar-refractivity contribution in [3.05, 3.63) is 64.7 Å². The smallest absolute Gasteiger partial charge is 0.0513 e. The first-order valence-electron chi connectivity index (χ1n) is 7.44. The Bertz CT molecular complexity index is 536. The van der Waals surface area contributed by atoms with Crippen molar-refractivity contribution >= 4 is 17.3 Å². The largest absolute Gasteiger partial charge is 0.396 e. The van der Waals surface area contributed by atoms with E-state index >= 15 is 0 Å². The zero-order valence-electron chi connectivity index (χ0n) is 12.3. The molecule has 2 N–H and O–H groups in total. The van der Waals surface area contributed by atoms with Crippen molar-refractivity contribution in [2.75, 3.05) is 11.9 Å². The Morgan fingerprint density at radius 2 is 1.71 bits per heavy atom. The first-order chi connectivity index (χ1) is 10.2. The molecule has 1 unspecified atom stereocenters. The predicted octanol–water partition coefficient (Wildman–Crippen LogP) is 4.83. The van der Waals surface area contributed by atoms with Gasteiger partial charge in [0.15, 0.2) is 0 Å². The first kappa shape index (κ1) is 15.9. The Labute approximate surface area is 131 Å². The van der Waals surface area contributed by atoms with Gasteiger partial charge in [0.1, 0.15) is 0 Å². The van der Waals surface area contributed by atoms with Crippen molar-refractivity contribution in [3.8, 4) is 0 Å². The molecule has 0 fully saturated rings. The van der Waals surface area contributed by atoms with E-state index in [9.17, 15) is 0 Å². The van der Waals surface area contributed by atoms with E-state index in [2.05, 4.69) is 48.6 Å². The number of aliphatic hydroxyl groups is 1. The quantitative estimate of drug-likeness (QED) is 0.768. The van der Waals surface area contributed by atoms with Crippen LogP contribution in [-0.4, -0.2) is 11.7 Å². The summed E-state index contributed by atoms with van der Waals surface area (Å²) in [6.07, 6.45) is 2.89. The van der Waals surface area contributed by atoms with E-state index in [1.54, 1.807) is 0 Å². The van der Waals surface area contributed by atoms with Crippen molar-refractivity contribution in [2.45, 2.75) is 32.2 Å². The number of aliphatic hydroxyl groups excluding tert-OH is 1. The van der Waals surface area contributed by atoms with Crippen molar-refractivity contribution in [3.63, 3.8) is 0 Å². The minimum Gasteiger partial charge on any atom is -0.396 e. The molecule has 3 heteroatoms. The highest BCUT2D eigenvalue weighted by atomic mass is 35.5. The lowest BCUT2D eigenvalue weighted by atomic mass is 10.0. The fourth-order valence-electron chi connectivity index (χ4n) is 2.40. The van der Waals surface area contributed by atoms with Crippen LogP contribution in [0.4, 0.5) is 5.69 Å². The summed E-state index contributed by atoms with van der Waals surface area (Å²) in [4.78, 5) is 0. The molecule has 1 atom stereocenters. The molecule has 2 rings (SSSR count). The molecule has 0 bridgehead atoms. The zero-order chi connectivity index (χ0) is 15.1. The molecule has 2 nitrogen and oxygen atoms in total. The van der Waals surface area contributed by atoms with Gasteiger partial charge in [0.05, 0.1) is 6.04 Å². The Morgan fingerprint density at radius 3 is 2.29 bits per heavy atom. The average molecular weight is 304 g/mol. The molecule has 2 aromatic carbocycles. The molecule has 0 heterocycles. The lowest BCUT2D eigenvalue weighted by Crippen LogP contribution is -2.10. The highest BCUT2D eigenvalue weighted by Gasteiger charge is 2.10. The van der Waals surface area contributed by atoms with E-state index in [1.807, 2.05) is 12.1 Å². The molecule has 21 heavy (non-hydrogen) atoms. The molecule has 0 amide bonds. The van der Waals surface area contributed by atoms with Gasteiger partial charge in [-0.15, -0.1) is 0 Å². The minimum atomic E-state index is 0.190. The topological polar surface area (TPSA) is 32.3 Å². The molecule has 0 saturated heterocycles. The Kier molecular flexibility index (Phi) is 6.09. The number of hydrogen-bond donors (Lipinski definition) is 2. The minimum absolute atomic E-state index is 0.190. The molecule has 2 aromatic rings. The second-order valence-electron chi connectivity index (χ2n) is 5.21. The monoisotopic (exact) mass is 303 g/mol. The van der Waals surface area contributed by atoms with Crippen LogP contribution in [0, 0.1) is 0 Å². The van der Waals surface area contributed by atoms with Gasteiger partial charge in [0.25, 0.3) is 0 Å². The summed E-state index contributed by atoms with van der Waals surface area (Å²) in [5.41, 5.74) is 3.51. The Morgan fingerprint density at radius 1 is 1.05 bits per heavy atom. The van der Waals surface area contributed by atoms with Crippen molar-refractivity contribution in [1.29, 1.82) is 0 Å². The predicted molar refractivity (Wildman–Crippen MR) is 90.0 cm³/mol. The van der Waals surface area contributed by atoms with Gasteiger partial charge in [-0.2, -0.15) is 0 Å². The molecule has 0 saturated carbocycles. The molecule has 0 spiro atoms. The van der Waals surface area contributed by atoms with Crippen molar-refractivity contribution in [1.82, 2.24) is 0 Å². The van der Waals surface area contributed by atoms with Crippen LogP contribution in [0.1, 0.15) is 36.9 Å². The van der Waals surface area contributed by atoms with Gasteiger partial charge in [-0.25, -0.2) is 0 Å². The third-order valence-corrected chi connectivity index (χ3v) is 3.80. The zero-order valence-corrected chi connectivity index (χ0v) is 13.1. The molecule has 0 aromatic heterocycles. The van der Waals surface area contributed by atoms with E-state index < -0.39 is 0 Å². The third-order valence-electron chi connectivity index (χ3n) is 3.55. The molecule has 0 aliphatic heterocycles. The van der Waals surface area contributed by atoms with Crippen LogP contribution < -0.4 is 5.32 Å². The standard InChI is InChI=1S/C18H22ClNO/c1-2-3-18(15-6-8-16(19)9-7-15)20-17-10-4-14(5-11-17)12-13-21/h4-11,18,20-21H,2-3,12-13H2,1H3. The van der Waals surface area contributed by atoms with Crippen LogP contribution >= 0.6 is 11.6 Å². The summed E-state index contributed by atoms with van der Waals surface area (Å²) >= 11 is 5.96. The maximum atomic E-state index is 8.95. The van der Waals surface area contributed by atoms with Gasteiger partial charge in [-0.05, 0) is 48.2 Å². The molecular weight excluding hydrogens is 282 g/mol. The second kappa shape index (κ2) is 8.06. The van der Waals surface area contributed by atoms with Crippen LogP contribution in [0.25, 0.3) is 0 Å². The van der Waals surface area contributed by atoms with Gasteiger partial charge >= 0.3 is 0 Å². The lowest BCUT2D eigenvalue weighted by molar-refractivity contribution is 0.299. The summed E-state index contributed by atoms with van der Waals surface area (Å²) in [7, 11) is 0. The summed E-state index contributed by atoms with van der Waals surface area (Å²) in [6, 6.07) is 16.6. The van der Waals surface area contributed by atoms with Gasteiger partial charge < -0.3 is 10.4 Å². The normalized spacial score (nSPS) is 12.1.